The van der Waals surface area contributed by atoms with Gasteiger partial charge in [0.15, 0.2) is 0 Å². The molecule has 1 aromatic rings. The molecule has 158 valence electrons. The highest BCUT2D eigenvalue weighted by molar-refractivity contribution is 5.95. The van der Waals surface area contributed by atoms with Crippen LogP contribution in [0.1, 0.15) is 51.5 Å². The Morgan fingerprint density at radius 3 is 2.54 bits per heavy atom. The van der Waals surface area contributed by atoms with Gasteiger partial charge in [0.2, 0.25) is 5.91 Å². The predicted molar refractivity (Wildman–Crippen MR) is 115 cm³/mol. The topological polar surface area (TPSA) is 72.9 Å². The molecular formula is C21H34ClN3O3. The van der Waals surface area contributed by atoms with E-state index in [1.165, 1.54) is 0 Å². The van der Waals surface area contributed by atoms with Crippen LogP contribution in [0.3, 0.4) is 0 Å². The number of hydrogen-bond acceptors (Lipinski definition) is 4. The second-order valence-electron chi connectivity index (χ2n) is 7.84. The fraction of sp³-hybridized carbons (Fsp3) is 0.619. The van der Waals surface area contributed by atoms with Crippen LogP contribution in [0.15, 0.2) is 24.3 Å². The van der Waals surface area contributed by atoms with Gasteiger partial charge in [-0.2, -0.15) is 0 Å². The minimum absolute atomic E-state index is 0. The molecule has 1 saturated heterocycles. The van der Waals surface area contributed by atoms with Crippen LogP contribution in [0.25, 0.3) is 0 Å². The maximum absolute atomic E-state index is 12.8. The van der Waals surface area contributed by atoms with E-state index in [1.807, 2.05) is 37.1 Å². The second-order valence-corrected chi connectivity index (χ2v) is 7.84. The molecule has 2 N–H and O–H groups in total. The molecule has 0 spiro atoms. The van der Waals surface area contributed by atoms with Crippen LogP contribution in [-0.2, 0) is 9.59 Å². The highest BCUT2D eigenvalue weighted by atomic mass is 35.5. The first-order valence-electron chi connectivity index (χ1n) is 9.85. The smallest absolute Gasteiger partial charge is 0.317 e. The van der Waals surface area contributed by atoms with Gasteiger partial charge in [0.25, 0.3) is 0 Å². The number of amides is 1. The van der Waals surface area contributed by atoms with E-state index in [0.29, 0.717) is 5.92 Å². The molecule has 1 heterocycles. The number of para-hydroxylation sites is 1. The first kappa shape index (κ1) is 24.4. The third-order valence-corrected chi connectivity index (χ3v) is 5.51. The molecule has 2 unspecified atom stereocenters. The third kappa shape index (κ3) is 6.76. The Balaban J connectivity index is 0.00000392. The van der Waals surface area contributed by atoms with Crippen molar-refractivity contribution in [3.63, 3.8) is 0 Å². The lowest BCUT2D eigenvalue weighted by Gasteiger charge is -2.28. The molecule has 7 heteroatoms. The Bertz CT molecular complexity index is 654. The number of nitrogens with one attached hydrogen (secondary N) is 1. The molecular weight excluding hydrogens is 378 g/mol. The zero-order valence-corrected chi connectivity index (χ0v) is 18.2. The second kappa shape index (κ2) is 11.4. The molecule has 0 aliphatic carbocycles. The van der Waals surface area contributed by atoms with E-state index in [4.69, 9.17) is 5.11 Å². The highest BCUT2D eigenvalue weighted by Crippen LogP contribution is 2.24. The summed E-state index contributed by atoms with van der Waals surface area (Å²) in [6.07, 6.45) is 2.81. The molecule has 2 atom stereocenters. The van der Waals surface area contributed by atoms with Crippen LogP contribution < -0.4 is 5.32 Å². The first-order valence-corrected chi connectivity index (χ1v) is 9.85. The lowest BCUT2D eigenvalue weighted by molar-refractivity contribution is -0.138. The van der Waals surface area contributed by atoms with Gasteiger partial charge in [0, 0.05) is 18.3 Å². The SMILES string of the molecule is CC(C)c1ccccc1NC(=O)C(C)N1CCCC(N(C)CC(=O)O)CC1.Cl. The third-order valence-electron chi connectivity index (χ3n) is 5.51. The van der Waals surface area contributed by atoms with Gasteiger partial charge in [-0.15, -0.1) is 12.4 Å². The molecule has 1 aliphatic heterocycles. The average molecular weight is 412 g/mol. The van der Waals surface area contributed by atoms with Crippen LogP contribution in [-0.4, -0.2) is 65.5 Å². The lowest BCUT2D eigenvalue weighted by Crippen LogP contribution is -2.43. The van der Waals surface area contributed by atoms with Gasteiger partial charge in [-0.1, -0.05) is 32.0 Å². The Morgan fingerprint density at radius 1 is 1.21 bits per heavy atom. The Hall–Kier alpha value is -1.63. The van der Waals surface area contributed by atoms with Crippen molar-refractivity contribution < 1.29 is 14.7 Å². The number of aliphatic carboxylic acids is 1. The van der Waals surface area contributed by atoms with Gasteiger partial charge >= 0.3 is 5.97 Å². The fourth-order valence-electron chi connectivity index (χ4n) is 3.79. The van der Waals surface area contributed by atoms with Crippen molar-refractivity contribution in [1.82, 2.24) is 9.80 Å². The van der Waals surface area contributed by atoms with E-state index in [-0.39, 0.29) is 36.9 Å². The zero-order chi connectivity index (χ0) is 20.0. The summed E-state index contributed by atoms with van der Waals surface area (Å²) in [7, 11) is 1.87. The number of carboxylic acids is 1. The number of rotatable bonds is 7. The Morgan fingerprint density at radius 2 is 1.89 bits per heavy atom. The summed E-state index contributed by atoms with van der Waals surface area (Å²) in [5.74, 6) is -0.434. The molecule has 1 aromatic carbocycles. The van der Waals surface area contributed by atoms with Gasteiger partial charge < -0.3 is 10.4 Å². The summed E-state index contributed by atoms with van der Waals surface area (Å²) < 4.78 is 0. The Kier molecular flexibility index (Phi) is 9.93. The van der Waals surface area contributed by atoms with E-state index in [9.17, 15) is 9.59 Å². The number of carbonyl (C=O) groups excluding carboxylic acids is 1. The highest BCUT2D eigenvalue weighted by Gasteiger charge is 2.27. The van der Waals surface area contributed by atoms with Crippen molar-refractivity contribution in [3.8, 4) is 0 Å². The number of benzene rings is 1. The number of likely N-dealkylation sites (N-methyl/N-ethyl adjacent to an activating group) is 1. The minimum Gasteiger partial charge on any atom is -0.480 e. The largest absolute Gasteiger partial charge is 0.480 e. The van der Waals surface area contributed by atoms with Crippen molar-refractivity contribution in [3.05, 3.63) is 29.8 Å². The minimum atomic E-state index is -0.796. The van der Waals surface area contributed by atoms with Gasteiger partial charge in [0.05, 0.1) is 12.6 Å². The number of carboxylic acid groups (broad SMARTS) is 1. The summed E-state index contributed by atoms with van der Waals surface area (Å²) in [6, 6.07) is 7.99. The van der Waals surface area contributed by atoms with Gasteiger partial charge in [0.1, 0.15) is 0 Å². The lowest BCUT2D eigenvalue weighted by atomic mass is 10.0. The number of hydrogen-bond donors (Lipinski definition) is 2. The first-order chi connectivity index (χ1) is 12.8. The van der Waals surface area contributed by atoms with E-state index in [0.717, 1.165) is 43.6 Å². The van der Waals surface area contributed by atoms with Crippen molar-refractivity contribution >= 4 is 30.0 Å². The van der Waals surface area contributed by atoms with Gasteiger partial charge in [-0.25, -0.2) is 0 Å². The number of nitrogens with zero attached hydrogens (tertiary/aromatic N) is 2. The molecule has 1 fully saturated rings. The monoisotopic (exact) mass is 411 g/mol. The van der Waals surface area contributed by atoms with Crippen molar-refractivity contribution in [1.29, 1.82) is 0 Å². The number of halogens is 1. The molecule has 0 saturated carbocycles. The van der Waals surface area contributed by atoms with E-state index < -0.39 is 5.97 Å². The Labute approximate surface area is 174 Å². The van der Waals surface area contributed by atoms with Crippen LogP contribution in [0.4, 0.5) is 5.69 Å². The molecule has 6 nitrogen and oxygen atoms in total. The molecule has 0 aromatic heterocycles. The van der Waals surface area contributed by atoms with Crippen LogP contribution >= 0.6 is 12.4 Å². The molecule has 28 heavy (non-hydrogen) atoms. The number of carbonyl (C=O) groups is 2. The molecule has 0 radical (unpaired) electrons. The van der Waals surface area contributed by atoms with Crippen LogP contribution in [0.5, 0.6) is 0 Å². The van der Waals surface area contributed by atoms with E-state index in [1.54, 1.807) is 0 Å². The number of likely N-dealkylation sites (tertiary alicyclic amines) is 1. The number of anilines is 1. The summed E-state index contributed by atoms with van der Waals surface area (Å²) in [4.78, 5) is 27.9. The van der Waals surface area contributed by atoms with E-state index >= 15 is 0 Å². The molecule has 0 bridgehead atoms. The molecule has 1 amide bonds. The maximum atomic E-state index is 12.8. The van der Waals surface area contributed by atoms with Crippen molar-refractivity contribution in [2.75, 3.05) is 32.0 Å². The van der Waals surface area contributed by atoms with E-state index in [2.05, 4.69) is 30.1 Å². The quantitative estimate of drug-likeness (QED) is 0.719. The van der Waals surface area contributed by atoms with Crippen molar-refractivity contribution in [2.45, 2.75) is 58.0 Å². The normalized spacial score (nSPS) is 19.0. The standard InChI is InChI=1S/C21H33N3O3.ClH/c1-15(2)18-9-5-6-10-19(18)22-21(27)16(3)24-12-7-8-17(11-13-24)23(4)14-20(25)26;/h5-6,9-10,15-17H,7-8,11-14H2,1-4H3,(H,22,27)(H,25,26);1H. The summed E-state index contributed by atoms with van der Waals surface area (Å²) in [5, 5.41) is 12.1. The zero-order valence-electron chi connectivity index (χ0n) is 17.4. The van der Waals surface area contributed by atoms with Crippen LogP contribution in [0.2, 0.25) is 0 Å². The van der Waals surface area contributed by atoms with Gasteiger partial charge in [-0.05, 0) is 57.3 Å². The fourth-order valence-corrected chi connectivity index (χ4v) is 3.79. The summed E-state index contributed by atoms with van der Waals surface area (Å²) >= 11 is 0. The molecule has 1 aliphatic rings. The summed E-state index contributed by atoms with van der Waals surface area (Å²) in [6.45, 7) is 7.92. The van der Waals surface area contributed by atoms with Gasteiger partial charge in [-0.3, -0.25) is 19.4 Å². The summed E-state index contributed by atoms with van der Waals surface area (Å²) in [5.41, 5.74) is 2.03. The molecule has 2 rings (SSSR count). The van der Waals surface area contributed by atoms with Crippen molar-refractivity contribution in [2.24, 2.45) is 0 Å². The predicted octanol–water partition coefficient (Wildman–Crippen LogP) is 3.43. The van der Waals surface area contributed by atoms with Crippen LogP contribution in [0, 0.1) is 0 Å². The average Bonchev–Trinajstić information content (AvgIpc) is 2.87. The maximum Gasteiger partial charge on any atom is 0.317 e.